The smallest absolute Gasteiger partial charge is 0.328 e. The van der Waals surface area contributed by atoms with E-state index in [2.05, 4.69) is 38.9 Å². The molecule has 5 rings (SSSR count). The van der Waals surface area contributed by atoms with Crippen LogP contribution in [0, 0.1) is 6.92 Å². The zero-order chi connectivity index (χ0) is 25.2. The number of nitrogens with zero attached hydrogens (tertiary/aromatic N) is 2. The summed E-state index contributed by atoms with van der Waals surface area (Å²) < 4.78 is 7.31. The van der Waals surface area contributed by atoms with Gasteiger partial charge < -0.3 is 19.6 Å². The van der Waals surface area contributed by atoms with Crippen LogP contribution >= 0.6 is 0 Å². The van der Waals surface area contributed by atoms with Crippen LogP contribution in [-0.4, -0.2) is 39.6 Å². The first-order chi connectivity index (χ1) is 17.5. The topological polar surface area (TPSA) is 89.0 Å². The highest BCUT2D eigenvalue weighted by molar-refractivity contribution is 6.11. The van der Waals surface area contributed by atoms with Gasteiger partial charge in [-0.2, -0.15) is 0 Å². The molecule has 0 bridgehead atoms. The van der Waals surface area contributed by atoms with E-state index < -0.39 is 17.9 Å². The highest BCUT2D eigenvalue weighted by atomic mass is 16.5. The monoisotopic (exact) mass is 482 g/mol. The van der Waals surface area contributed by atoms with Crippen molar-refractivity contribution in [2.75, 3.05) is 7.11 Å². The van der Waals surface area contributed by atoms with E-state index in [9.17, 15) is 9.59 Å². The summed E-state index contributed by atoms with van der Waals surface area (Å²) in [5, 5.41) is 5.96. The largest absolute Gasteiger partial charge is 0.467 e. The Morgan fingerprint density at radius 1 is 1.08 bits per heavy atom. The minimum atomic E-state index is -0.842. The molecular weight excluding hydrogens is 452 g/mol. The van der Waals surface area contributed by atoms with Crippen molar-refractivity contribution in [2.45, 2.75) is 45.7 Å². The lowest BCUT2D eigenvalue weighted by Crippen LogP contribution is -2.43. The van der Waals surface area contributed by atoms with Crippen LogP contribution in [0.25, 0.3) is 32.7 Å². The van der Waals surface area contributed by atoms with Crippen LogP contribution in [-0.2, 0) is 22.5 Å². The van der Waals surface area contributed by atoms with Crippen molar-refractivity contribution in [3.63, 3.8) is 0 Å². The van der Waals surface area contributed by atoms with E-state index in [-0.39, 0.29) is 5.69 Å². The summed E-state index contributed by atoms with van der Waals surface area (Å²) in [5.74, 6) is -0.900. The van der Waals surface area contributed by atoms with Crippen LogP contribution < -0.4 is 5.32 Å². The van der Waals surface area contributed by atoms with Crippen molar-refractivity contribution in [2.24, 2.45) is 0 Å². The van der Waals surface area contributed by atoms with Gasteiger partial charge in [-0.3, -0.25) is 4.79 Å². The van der Waals surface area contributed by atoms with E-state index in [4.69, 9.17) is 4.74 Å². The van der Waals surface area contributed by atoms with Gasteiger partial charge in [-0.15, -0.1) is 0 Å². The molecule has 184 valence electrons. The zero-order valence-corrected chi connectivity index (χ0v) is 20.8. The summed E-state index contributed by atoms with van der Waals surface area (Å²) in [4.78, 5) is 33.9. The molecule has 0 aliphatic rings. The Morgan fingerprint density at radius 2 is 1.83 bits per heavy atom. The number of methoxy groups -OCH3 is 1. The molecule has 0 saturated carbocycles. The molecule has 2 N–H and O–H groups in total. The Kier molecular flexibility index (Phi) is 6.46. The van der Waals surface area contributed by atoms with Gasteiger partial charge >= 0.3 is 5.97 Å². The van der Waals surface area contributed by atoms with Gasteiger partial charge in [0.1, 0.15) is 11.7 Å². The quantitative estimate of drug-likeness (QED) is 0.294. The Morgan fingerprint density at radius 3 is 2.61 bits per heavy atom. The van der Waals surface area contributed by atoms with Crippen molar-refractivity contribution in [1.29, 1.82) is 0 Å². The average Bonchev–Trinajstić information content (AvgIpc) is 3.45. The SMILES string of the molecule is CCCCn1c2ccccc2c2cc(C(=O)N[C@@H](Cc3c[nH]c4ccccc34)C(=O)OC)nc(C)c21. The van der Waals surface area contributed by atoms with E-state index in [1.807, 2.05) is 55.6 Å². The second-order valence-corrected chi connectivity index (χ2v) is 9.12. The molecule has 1 atom stereocenters. The van der Waals surface area contributed by atoms with Crippen molar-refractivity contribution >= 4 is 44.6 Å². The number of aromatic amines is 1. The number of aromatic nitrogens is 3. The Bertz CT molecular complexity index is 1580. The standard InChI is InChI=1S/C29H30N4O3/c1-4-5-14-33-26-13-9-7-11-21(26)22-16-24(31-18(2)27(22)33)28(34)32-25(29(35)36-3)15-19-17-30-23-12-8-6-10-20(19)23/h6-13,16-17,25,30H,4-5,14-15H2,1-3H3,(H,32,34)/t25-/m0/s1. The number of unbranched alkanes of at least 4 members (excludes halogenated alkanes) is 1. The molecule has 0 saturated heterocycles. The number of benzene rings is 2. The highest BCUT2D eigenvalue weighted by Gasteiger charge is 2.25. The molecule has 7 heteroatoms. The maximum atomic E-state index is 13.4. The normalized spacial score (nSPS) is 12.3. The number of nitrogens with one attached hydrogen (secondary N) is 2. The number of H-pyrrole nitrogens is 1. The van der Waals surface area contributed by atoms with E-state index in [0.717, 1.165) is 63.4 Å². The average molecular weight is 483 g/mol. The molecule has 0 aliphatic heterocycles. The van der Waals surface area contributed by atoms with Crippen LogP contribution in [0.2, 0.25) is 0 Å². The van der Waals surface area contributed by atoms with Crippen molar-refractivity contribution in [3.05, 3.63) is 77.7 Å². The van der Waals surface area contributed by atoms with E-state index in [1.54, 1.807) is 0 Å². The lowest BCUT2D eigenvalue weighted by atomic mass is 10.0. The van der Waals surface area contributed by atoms with Crippen molar-refractivity contribution in [3.8, 4) is 0 Å². The number of carbonyl (C=O) groups is 2. The first kappa shape index (κ1) is 23.6. The van der Waals surface area contributed by atoms with Gasteiger partial charge in [-0.05, 0) is 37.1 Å². The van der Waals surface area contributed by atoms with Gasteiger partial charge in [0, 0.05) is 46.4 Å². The van der Waals surface area contributed by atoms with Gasteiger partial charge in [-0.1, -0.05) is 49.7 Å². The third kappa shape index (κ3) is 4.21. The number of fused-ring (bicyclic) bond motifs is 4. The first-order valence-electron chi connectivity index (χ1n) is 12.3. The summed E-state index contributed by atoms with van der Waals surface area (Å²) in [6.45, 7) is 5.00. The van der Waals surface area contributed by atoms with Crippen LogP contribution in [0.1, 0.15) is 41.5 Å². The lowest BCUT2D eigenvalue weighted by Gasteiger charge is -2.16. The first-order valence-corrected chi connectivity index (χ1v) is 12.3. The molecule has 0 aliphatic carbocycles. The van der Waals surface area contributed by atoms with Gasteiger partial charge in [0.25, 0.3) is 5.91 Å². The van der Waals surface area contributed by atoms with Gasteiger partial charge in [-0.25, -0.2) is 9.78 Å². The van der Waals surface area contributed by atoms with Gasteiger partial charge in [0.2, 0.25) is 0 Å². The predicted molar refractivity (Wildman–Crippen MR) is 142 cm³/mol. The van der Waals surface area contributed by atoms with Gasteiger partial charge in [0.15, 0.2) is 0 Å². The van der Waals surface area contributed by atoms with E-state index >= 15 is 0 Å². The molecule has 3 heterocycles. The van der Waals surface area contributed by atoms with Gasteiger partial charge in [0.05, 0.1) is 18.3 Å². The molecule has 2 aromatic carbocycles. The summed E-state index contributed by atoms with van der Waals surface area (Å²) in [6.07, 6.45) is 4.32. The molecule has 5 aromatic rings. The number of para-hydroxylation sites is 2. The number of carbonyl (C=O) groups excluding carboxylic acids is 2. The van der Waals surface area contributed by atoms with E-state index in [0.29, 0.717) is 6.42 Å². The molecule has 0 radical (unpaired) electrons. The predicted octanol–water partition coefficient (Wildman–Crippen LogP) is 5.29. The minimum absolute atomic E-state index is 0.284. The highest BCUT2D eigenvalue weighted by Crippen LogP contribution is 2.31. The number of hydrogen-bond acceptors (Lipinski definition) is 4. The van der Waals surface area contributed by atoms with Crippen LogP contribution in [0.5, 0.6) is 0 Å². The maximum absolute atomic E-state index is 13.4. The molecule has 7 nitrogen and oxygen atoms in total. The zero-order valence-electron chi connectivity index (χ0n) is 20.8. The van der Waals surface area contributed by atoms with E-state index in [1.165, 1.54) is 7.11 Å². The second-order valence-electron chi connectivity index (χ2n) is 9.12. The third-order valence-electron chi connectivity index (χ3n) is 6.78. The number of pyridine rings is 1. The minimum Gasteiger partial charge on any atom is -0.467 e. The number of rotatable bonds is 8. The summed E-state index contributed by atoms with van der Waals surface area (Å²) in [5.41, 5.74) is 5.16. The fourth-order valence-electron chi connectivity index (χ4n) is 5.02. The summed E-state index contributed by atoms with van der Waals surface area (Å²) >= 11 is 0. The van der Waals surface area contributed by atoms with Crippen molar-refractivity contribution < 1.29 is 14.3 Å². The van der Waals surface area contributed by atoms with Crippen LogP contribution in [0.4, 0.5) is 0 Å². The van der Waals surface area contributed by atoms with Crippen LogP contribution in [0.15, 0.2) is 60.8 Å². The molecule has 0 fully saturated rings. The number of esters is 1. The Balaban J connectivity index is 1.50. The molecule has 36 heavy (non-hydrogen) atoms. The van der Waals surface area contributed by atoms with Crippen molar-refractivity contribution in [1.82, 2.24) is 19.9 Å². The number of aryl methyl sites for hydroxylation is 2. The summed E-state index contributed by atoms with van der Waals surface area (Å²) in [7, 11) is 1.33. The molecule has 3 aromatic heterocycles. The fourth-order valence-corrected chi connectivity index (χ4v) is 5.02. The second kappa shape index (κ2) is 9.85. The molecular formula is C29H30N4O3. The third-order valence-corrected chi connectivity index (χ3v) is 6.78. The maximum Gasteiger partial charge on any atom is 0.328 e. The molecule has 0 unspecified atom stereocenters. The molecule has 1 amide bonds. The molecule has 0 spiro atoms. The Hall–Kier alpha value is -4.13. The Labute approximate surface area is 209 Å². The number of amides is 1. The number of hydrogen-bond donors (Lipinski definition) is 2. The lowest BCUT2D eigenvalue weighted by molar-refractivity contribution is -0.142. The number of ether oxygens (including phenoxy) is 1. The fraction of sp³-hybridized carbons (Fsp3) is 0.276. The van der Waals surface area contributed by atoms with Crippen LogP contribution in [0.3, 0.4) is 0 Å². The summed E-state index contributed by atoms with van der Waals surface area (Å²) in [6, 6.07) is 17.1.